The molecule has 0 radical (unpaired) electrons. The van der Waals surface area contributed by atoms with Crippen LogP contribution in [0, 0.1) is 13.8 Å². The van der Waals surface area contributed by atoms with Crippen LogP contribution in [-0.2, 0) is 10.7 Å². The standard InChI is InChI=1S/C18H18F2N6OS/c1-9-5-16(26-17(22-9)18(4,19)20)25-13-6-15(23-10(2)27)21-7-12(13)14-8-28-11(3)24-14/h5-8H,1-4H3,(H2,21,22,23,25,26,27). The van der Waals surface area contributed by atoms with E-state index in [1.807, 2.05) is 12.3 Å². The van der Waals surface area contributed by atoms with Crippen molar-refractivity contribution >= 4 is 34.6 Å². The predicted octanol–water partition coefficient (Wildman–Crippen LogP) is 4.43. The maximum atomic E-state index is 13.7. The molecular formula is C18H18F2N6OS. The van der Waals surface area contributed by atoms with Crippen LogP contribution >= 0.6 is 11.3 Å². The summed E-state index contributed by atoms with van der Waals surface area (Å²) in [5.41, 5.74) is 2.25. The van der Waals surface area contributed by atoms with Crippen molar-refractivity contribution in [2.45, 2.75) is 33.6 Å². The Kier molecular flexibility index (Phi) is 5.32. The lowest BCUT2D eigenvalue weighted by Crippen LogP contribution is -2.14. The summed E-state index contributed by atoms with van der Waals surface area (Å²) in [5, 5.41) is 8.38. The third kappa shape index (κ3) is 4.63. The predicted molar refractivity (Wildman–Crippen MR) is 104 cm³/mol. The van der Waals surface area contributed by atoms with Crippen LogP contribution in [-0.4, -0.2) is 25.8 Å². The summed E-state index contributed by atoms with van der Waals surface area (Å²) in [6.07, 6.45) is 1.56. The number of nitrogens with one attached hydrogen (secondary N) is 2. The highest BCUT2D eigenvalue weighted by atomic mass is 32.1. The quantitative estimate of drug-likeness (QED) is 0.654. The number of pyridine rings is 1. The Morgan fingerprint density at radius 2 is 1.89 bits per heavy atom. The Morgan fingerprint density at radius 1 is 1.14 bits per heavy atom. The molecule has 7 nitrogen and oxygen atoms in total. The van der Waals surface area contributed by atoms with E-state index in [1.54, 1.807) is 25.3 Å². The van der Waals surface area contributed by atoms with Gasteiger partial charge in [-0.15, -0.1) is 11.3 Å². The van der Waals surface area contributed by atoms with Gasteiger partial charge in [-0.3, -0.25) is 4.79 Å². The zero-order valence-corrected chi connectivity index (χ0v) is 16.5. The molecule has 0 aliphatic rings. The first-order valence-corrected chi connectivity index (χ1v) is 9.21. The lowest BCUT2D eigenvalue weighted by Gasteiger charge is -2.15. The molecule has 10 heteroatoms. The third-order valence-electron chi connectivity index (χ3n) is 3.61. The van der Waals surface area contributed by atoms with Gasteiger partial charge in [0.25, 0.3) is 0 Å². The van der Waals surface area contributed by atoms with Gasteiger partial charge >= 0.3 is 5.92 Å². The highest BCUT2D eigenvalue weighted by molar-refractivity contribution is 7.09. The number of hydrogen-bond donors (Lipinski definition) is 2. The van der Waals surface area contributed by atoms with Gasteiger partial charge in [0.15, 0.2) is 0 Å². The van der Waals surface area contributed by atoms with Crippen LogP contribution in [0.3, 0.4) is 0 Å². The van der Waals surface area contributed by atoms with Crippen molar-refractivity contribution < 1.29 is 13.6 Å². The van der Waals surface area contributed by atoms with Crippen molar-refractivity contribution in [1.82, 2.24) is 19.9 Å². The molecule has 0 aliphatic carbocycles. The summed E-state index contributed by atoms with van der Waals surface area (Å²) >= 11 is 1.48. The van der Waals surface area contributed by atoms with Gasteiger partial charge in [0, 0.05) is 48.8 Å². The van der Waals surface area contributed by atoms with Crippen molar-refractivity contribution in [2.75, 3.05) is 10.6 Å². The van der Waals surface area contributed by atoms with E-state index in [0.717, 1.165) is 11.9 Å². The van der Waals surface area contributed by atoms with E-state index in [9.17, 15) is 13.6 Å². The van der Waals surface area contributed by atoms with E-state index in [2.05, 4.69) is 30.6 Å². The number of aryl methyl sites for hydroxylation is 2. The molecule has 146 valence electrons. The number of nitrogens with zero attached hydrogens (tertiary/aromatic N) is 4. The molecule has 0 atom stereocenters. The number of hydrogen-bond acceptors (Lipinski definition) is 7. The molecule has 0 saturated carbocycles. The molecule has 28 heavy (non-hydrogen) atoms. The van der Waals surface area contributed by atoms with Crippen LogP contribution in [0.2, 0.25) is 0 Å². The molecule has 0 aliphatic heterocycles. The van der Waals surface area contributed by atoms with Gasteiger partial charge in [0.2, 0.25) is 11.7 Å². The number of halogens is 2. The molecule has 0 fully saturated rings. The van der Waals surface area contributed by atoms with Gasteiger partial charge in [-0.2, -0.15) is 8.78 Å². The zero-order valence-electron chi connectivity index (χ0n) is 15.7. The third-order valence-corrected chi connectivity index (χ3v) is 4.39. The molecule has 3 heterocycles. The second kappa shape index (κ2) is 7.55. The molecule has 0 saturated heterocycles. The van der Waals surface area contributed by atoms with E-state index in [0.29, 0.717) is 28.5 Å². The number of carbonyl (C=O) groups is 1. The Bertz CT molecular complexity index is 1030. The van der Waals surface area contributed by atoms with Crippen molar-refractivity contribution in [3.05, 3.63) is 40.2 Å². The molecule has 3 aromatic heterocycles. The maximum Gasteiger partial charge on any atom is 0.303 e. The van der Waals surface area contributed by atoms with Crippen molar-refractivity contribution in [1.29, 1.82) is 0 Å². The lowest BCUT2D eigenvalue weighted by molar-refractivity contribution is -0.114. The minimum Gasteiger partial charge on any atom is -0.339 e. The fourth-order valence-corrected chi connectivity index (χ4v) is 3.08. The first kappa shape index (κ1) is 19.7. The Labute approximate surface area is 164 Å². The normalized spacial score (nSPS) is 11.4. The fraction of sp³-hybridized carbons (Fsp3) is 0.278. The summed E-state index contributed by atoms with van der Waals surface area (Å²) < 4.78 is 27.4. The Morgan fingerprint density at radius 3 is 2.50 bits per heavy atom. The van der Waals surface area contributed by atoms with E-state index in [4.69, 9.17) is 0 Å². The van der Waals surface area contributed by atoms with Crippen LogP contribution in [0.4, 0.5) is 26.1 Å². The Hall–Kier alpha value is -3.01. The first-order chi connectivity index (χ1) is 13.1. The zero-order chi connectivity index (χ0) is 20.5. The minimum atomic E-state index is -3.17. The number of anilines is 3. The first-order valence-electron chi connectivity index (χ1n) is 8.33. The molecule has 0 spiro atoms. The summed E-state index contributed by atoms with van der Waals surface area (Å²) in [6.45, 7) is 5.61. The summed E-state index contributed by atoms with van der Waals surface area (Å²) in [6, 6.07) is 3.16. The smallest absolute Gasteiger partial charge is 0.303 e. The van der Waals surface area contributed by atoms with E-state index in [-0.39, 0.29) is 11.7 Å². The molecule has 0 bridgehead atoms. The van der Waals surface area contributed by atoms with Crippen LogP contribution in [0.25, 0.3) is 11.3 Å². The average Bonchev–Trinajstić information content (AvgIpc) is 2.99. The summed E-state index contributed by atoms with van der Waals surface area (Å²) in [5.74, 6) is -3.50. The van der Waals surface area contributed by atoms with E-state index < -0.39 is 11.7 Å². The SMILES string of the molecule is CC(=O)Nc1cc(Nc2cc(C)nc(C(C)(F)F)n2)c(-c2csc(C)n2)cn1. The molecule has 1 amide bonds. The van der Waals surface area contributed by atoms with E-state index >= 15 is 0 Å². The monoisotopic (exact) mass is 404 g/mol. The fourth-order valence-electron chi connectivity index (χ4n) is 2.47. The van der Waals surface area contributed by atoms with Gasteiger partial charge in [-0.05, 0) is 13.8 Å². The van der Waals surface area contributed by atoms with Crippen LogP contribution in [0.15, 0.2) is 23.7 Å². The van der Waals surface area contributed by atoms with Gasteiger partial charge in [0.05, 0.1) is 16.4 Å². The second-order valence-corrected chi connectivity index (χ2v) is 7.34. The highest BCUT2D eigenvalue weighted by Crippen LogP contribution is 2.33. The van der Waals surface area contributed by atoms with Gasteiger partial charge in [-0.25, -0.2) is 19.9 Å². The molecule has 3 aromatic rings. The minimum absolute atomic E-state index is 0.206. The number of rotatable bonds is 5. The van der Waals surface area contributed by atoms with Gasteiger partial charge in [0.1, 0.15) is 11.6 Å². The van der Waals surface area contributed by atoms with Crippen LogP contribution < -0.4 is 10.6 Å². The van der Waals surface area contributed by atoms with Crippen LogP contribution in [0.5, 0.6) is 0 Å². The molecule has 0 unspecified atom stereocenters. The number of thiazole rings is 1. The Balaban J connectivity index is 2.06. The van der Waals surface area contributed by atoms with E-state index in [1.165, 1.54) is 18.3 Å². The highest BCUT2D eigenvalue weighted by Gasteiger charge is 2.29. The van der Waals surface area contributed by atoms with Gasteiger partial charge in [-0.1, -0.05) is 0 Å². The molecule has 0 aromatic carbocycles. The second-order valence-electron chi connectivity index (χ2n) is 6.28. The topological polar surface area (TPSA) is 92.7 Å². The average molecular weight is 404 g/mol. The number of carbonyl (C=O) groups excluding carboxylic acids is 1. The molecule has 3 rings (SSSR count). The van der Waals surface area contributed by atoms with Crippen molar-refractivity contribution in [3.8, 4) is 11.3 Å². The maximum absolute atomic E-state index is 13.7. The number of alkyl halides is 2. The number of aromatic nitrogens is 4. The molecular weight excluding hydrogens is 386 g/mol. The van der Waals surface area contributed by atoms with Crippen molar-refractivity contribution in [3.63, 3.8) is 0 Å². The van der Waals surface area contributed by atoms with Crippen molar-refractivity contribution in [2.24, 2.45) is 0 Å². The molecule has 2 N–H and O–H groups in total. The largest absolute Gasteiger partial charge is 0.339 e. The lowest BCUT2D eigenvalue weighted by atomic mass is 10.1. The summed E-state index contributed by atoms with van der Waals surface area (Å²) in [4.78, 5) is 27.8. The summed E-state index contributed by atoms with van der Waals surface area (Å²) in [7, 11) is 0. The van der Waals surface area contributed by atoms with Crippen LogP contribution in [0.1, 0.15) is 30.4 Å². The number of amides is 1. The van der Waals surface area contributed by atoms with Gasteiger partial charge < -0.3 is 10.6 Å².